The molecule has 0 saturated carbocycles. The molecule has 2 N–H and O–H groups in total. The summed E-state index contributed by atoms with van der Waals surface area (Å²) in [6, 6.07) is 4.82. The third-order valence-electron chi connectivity index (χ3n) is 3.15. The van der Waals surface area contributed by atoms with Gasteiger partial charge in [-0.2, -0.15) is 13.2 Å². The van der Waals surface area contributed by atoms with Crippen LogP contribution in [0.4, 0.5) is 30.7 Å². The zero-order chi connectivity index (χ0) is 19.5. The van der Waals surface area contributed by atoms with E-state index in [1.54, 1.807) is 0 Å². The largest absolute Gasteiger partial charge is 0.573 e. The Labute approximate surface area is 143 Å². The average molecular weight is 383 g/mol. The van der Waals surface area contributed by atoms with Crippen molar-refractivity contribution in [2.24, 2.45) is 5.73 Å². The normalized spacial score (nSPS) is 12.2. The van der Waals surface area contributed by atoms with Crippen molar-refractivity contribution in [3.05, 3.63) is 47.8 Å². The first-order valence-electron chi connectivity index (χ1n) is 7.11. The van der Waals surface area contributed by atoms with Crippen LogP contribution in [0.25, 0.3) is 11.1 Å². The first kappa shape index (κ1) is 19.8. The molecule has 10 heteroatoms. The van der Waals surface area contributed by atoms with Crippen LogP contribution in [0.2, 0.25) is 0 Å². The Morgan fingerprint density at radius 3 is 2.12 bits per heavy atom. The van der Waals surface area contributed by atoms with Crippen LogP contribution in [0.3, 0.4) is 0 Å². The SMILES string of the molecule is NCCOc1ccc(-c2ccc(C(F)(F)F)cc2F)cc1OC(F)(F)F. The van der Waals surface area contributed by atoms with E-state index in [1.165, 1.54) is 6.07 Å². The van der Waals surface area contributed by atoms with E-state index in [9.17, 15) is 30.7 Å². The van der Waals surface area contributed by atoms with E-state index in [-0.39, 0.29) is 36.1 Å². The van der Waals surface area contributed by atoms with Gasteiger partial charge in [0.1, 0.15) is 12.4 Å². The molecule has 0 atom stereocenters. The fourth-order valence-electron chi connectivity index (χ4n) is 2.09. The minimum atomic E-state index is -5.04. The molecule has 0 aliphatic rings. The van der Waals surface area contributed by atoms with Crippen molar-refractivity contribution in [1.82, 2.24) is 0 Å². The summed E-state index contributed by atoms with van der Waals surface area (Å²) in [7, 11) is 0. The number of ether oxygens (including phenoxy) is 2. The van der Waals surface area contributed by atoms with Gasteiger partial charge in [-0.05, 0) is 29.8 Å². The van der Waals surface area contributed by atoms with E-state index < -0.39 is 29.7 Å². The Bertz CT molecular complexity index is 772. The monoisotopic (exact) mass is 383 g/mol. The van der Waals surface area contributed by atoms with E-state index in [2.05, 4.69) is 4.74 Å². The first-order chi connectivity index (χ1) is 12.0. The molecule has 2 rings (SSSR count). The molecule has 0 heterocycles. The summed E-state index contributed by atoms with van der Waals surface area (Å²) >= 11 is 0. The number of benzene rings is 2. The Balaban J connectivity index is 2.45. The summed E-state index contributed by atoms with van der Waals surface area (Å²) in [5, 5.41) is 0. The van der Waals surface area contributed by atoms with Gasteiger partial charge < -0.3 is 15.2 Å². The molecule has 0 fully saturated rings. The van der Waals surface area contributed by atoms with Gasteiger partial charge in [0.05, 0.1) is 5.56 Å². The number of rotatable bonds is 5. The first-order valence-corrected chi connectivity index (χ1v) is 7.11. The van der Waals surface area contributed by atoms with Crippen molar-refractivity contribution in [1.29, 1.82) is 0 Å². The molecule has 0 aliphatic carbocycles. The lowest BCUT2D eigenvalue weighted by molar-refractivity contribution is -0.275. The van der Waals surface area contributed by atoms with Crippen LogP contribution in [0.5, 0.6) is 11.5 Å². The van der Waals surface area contributed by atoms with Crippen LogP contribution < -0.4 is 15.2 Å². The quantitative estimate of drug-likeness (QED) is 0.758. The summed E-state index contributed by atoms with van der Waals surface area (Å²) in [6.45, 7) is -0.0665. The van der Waals surface area contributed by atoms with E-state index >= 15 is 0 Å². The molecule has 0 radical (unpaired) electrons. The zero-order valence-electron chi connectivity index (χ0n) is 12.9. The molecule has 142 valence electrons. The van der Waals surface area contributed by atoms with Gasteiger partial charge in [-0.15, -0.1) is 13.2 Å². The van der Waals surface area contributed by atoms with Crippen LogP contribution in [-0.2, 0) is 6.18 Å². The third-order valence-corrected chi connectivity index (χ3v) is 3.15. The van der Waals surface area contributed by atoms with E-state index in [1.807, 2.05) is 0 Å². The lowest BCUT2D eigenvalue weighted by atomic mass is 10.0. The predicted molar refractivity (Wildman–Crippen MR) is 78.1 cm³/mol. The highest BCUT2D eigenvalue weighted by Crippen LogP contribution is 2.38. The summed E-state index contributed by atoms with van der Waals surface area (Å²) in [5.41, 5.74) is 3.56. The lowest BCUT2D eigenvalue weighted by Gasteiger charge is -2.16. The molecular weight excluding hydrogens is 371 g/mol. The van der Waals surface area contributed by atoms with Crippen molar-refractivity contribution >= 4 is 0 Å². The fourth-order valence-corrected chi connectivity index (χ4v) is 2.09. The third kappa shape index (κ3) is 5.01. The van der Waals surface area contributed by atoms with Crippen molar-refractivity contribution in [2.75, 3.05) is 13.2 Å². The second-order valence-electron chi connectivity index (χ2n) is 5.04. The molecule has 0 bridgehead atoms. The molecule has 26 heavy (non-hydrogen) atoms. The summed E-state index contributed by atoms with van der Waals surface area (Å²) in [4.78, 5) is 0. The maximum atomic E-state index is 14.0. The van der Waals surface area contributed by atoms with Crippen molar-refractivity contribution < 1.29 is 40.2 Å². The molecule has 0 aromatic heterocycles. The van der Waals surface area contributed by atoms with Crippen LogP contribution in [-0.4, -0.2) is 19.5 Å². The maximum Gasteiger partial charge on any atom is 0.573 e. The van der Waals surface area contributed by atoms with Gasteiger partial charge in [-0.25, -0.2) is 4.39 Å². The minimum absolute atomic E-state index is 0.0285. The minimum Gasteiger partial charge on any atom is -0.488 e. The summed E-state index contributed by atoms with van der Waals surface area (Å²) < 4.78 is 98.3. The maximum absolute atomic E-state index is 14.0. The molecule has 0 aliphatic heterocycles. The lowest BCUT2D eigenvalue weighted by Crippen LogP contribution is -2.18. The van der Waals surface area contributed by atoms with Gasteiger partial charge in [0.15, 0.2) is 11.5 Å². The number of hydrogen-bond acceptors (Lipinski definition) is 3. The Morgan fingerprint density at radius 2 is 1.58 bits per heavy atom. The van der Waals surface area contributed by atoms with Gasteiger partial charge in [-0.3, -0.25) is 0 Å². The topological polar surface area (TPSA) is 44.5 Å². The highest BCUT2D eigenvalue weighted by molar-refractivity contribution is 5.68. The Kier molecular flexibility index (Phi) is 5.65. The standard InChI is InChI=1S/C16H12F7NO2/c17-12-8-10(15(18,19)20)2-3-11(12)9-1-4-13(25-6-5-24)14(7-9)26-16(21,22)23/h1-4,7-8H,5-6,24H2. The molecule has 0 spiro atoms. The fraction of sp³-hybridized carbons (Fsp3) is 0.250. The number of nitrogens with two attached hydrogens (primary N) is 1. The van der Waals surface area contributed by atoms with E-state index in [0.29, 0.717) is 6.07 Å². The molecule has 0 amide bonds. The van der Waals surface area contributed by atoms with Crippen molar-refractivity contribution in [3.8, 4) is 22.6 Å². The summed E-state index contributed by atoms with van der Waals surface area (Å²) in [5.74, 6) is -2.29. The van der Waals surface area contributed by atoms with E-state index in [0.717, 1.165) is 18.2 Å². The smallest absolute Gasteiger partial charge is 0.488 e. The van der Waals surface area contributed by atoms with E-state index in [4.69, 9.17) is 10.5 Å². The Morgan fingerprint density at radius 1 is 0.885 bits per heavy atom. The molecule has 3 nitrogen and oxygen atoms in total. The molecule has 0 unspecified atom stereocenters. The number of alkyl halides is 6. The predicted octanol–water partition coefficient (Wildman–Crippen LogP) is 4.75. The van der Waals surface area contributed by atoms with Gasteiger partial charge in [-0.1, -0.05) is 12.1 Å². The van der Waals surface area contributed by atoms with Gasteiger partial charge >= 0.3 is 12.5 Å². The average Bonchev–Trinajstić information content (AvgIpc) is 2.51. The van der Waals surface area contributed by atoms with Crippen molar-refractivity contribution in [3.63, 3.8) is 0 Å². The van der Waals surface area contributed by atoms with Crippen molar-refractivity contribution in [2.45, 2.75) is 12.5 Å². The van der Waals surface area contributed by atoms with Gasteiger partial charge in [0, 0.05) is 12.1 Å². The van der Waals surface area contributed by atoms with Crippen LogP contribution in [0.15, 0.2) is 36.4 Å². The van der Waals surface area contributed by atoms with Crippen LogP contribution in [0.1, 0.15) is 5.56 Å². The number of halogens is 7. The Hall–Kier alpha value is -2.49. The highest BCUT2D eigenvalue weighted by atomic mass is 19.4. The number of hydrogen-bond donors (Lipinski definition) is 1. The molecule has 0 saturated heterocycles. The zero-order valence-corrected chi connectivity index (χ0v) is 12.9. The second kappa shape index (κ2) is 7.40. The van der Waals surface area contributed by atoms with Crippen LogP contribution in [0, 0.1) is 5.82 Å². The van der Waals surface area contributed by atoms with Gasteiger partial charge in [0.2, 0.25) is 0 Å². The highest BCUT2D eigenvalue weighted by Gasteiger charge is 2.33. The molecule has 2 aromatic rings. The summed E-state index contributed by atoms with van der Waals surface area (Å²) in [6.07, 6.45) is -9.79. The van der Waals surface area contributed by atoms with Gasteiger partial charge in [0.25, 0.3) is 0 Å². The molecule has 2 aromatic carbocycles. The molecular formula is C16H12F7NO2. The van der Waals surface area contributed by atoms with Crippen LogP contribution >= 0.6 is 0 Å². The second-order valence-corrected chi connectivity index (χ2v) is 5.04.